The summed E-state index contributed by atoms with van der Waals surface area (Å²) in [6, 6.07) is 21.0. The predicted octanol–water partition coefficient (Wildman–Crippen LogP) is 5.82. The predicted molar refractivity (Wildman–Crippen MR) is 136 cm³/mol. The zero-order valence-corrected chi connectivity index (χ0v) is 19.1. The van der Waals surface area contributed by atoms with Crippen molar-refractivity contribution in [3.05, 3.63) is 82.8 Å². The number of nitrogens with two attached hydrogens (primary N) is 4. The molecule has 0 aliphatic heterocycles. The first kappa shape index (κ1) is 22.0. The highest BCUT2D eigenvalue weighted by molar-refractivity contribution is 7.85. The summed E-state index contributed by atoms with van der Waals surface area (Å²) in [5, 5.41) is 1.03. The molecule has 0 amide bonds. The fraction of sp³-hybridized carbons (Fsp3) is 0. The van der Waals surface area contributed by atoms with Gasteiger partial charge in [0.2, 0.25) is 0 Å². The lowest BCUT2D eigenvalue weighted by atomic mass is 10.0. The monoisotopic (exact) mass is 482 g/mol. The summed E-state index contributed by atoms with van der Waals surface area (Å²) in [7, 11) is -1.57. The molecule has 5 nitrogen and oxygen atoms in total. The van der Waals surface area contributed by atoms with E-state index in [0.717, 1.165) is 11.1 Å². The third-order valence-electron chi connectivity index (χ3n) is 5.08. The Morgan fingerprint density at radius 1 is 0.531 bits per heavy atom. The van der Waals surface area contributed by atoms with Crippen LogP contribution in [-0.2, 0) is 10.8 Å². The maximum atomic E-state index is 13.9. The Kier molecular flexibility index (Phi) is 6.02. The van der Waals surface area contributed by atoms with Crippen molar-refractivity contribution in [2.75, 3.05) is 22.9 Å². The van der Waals surface area contributed by atoms with E-state index in [1.807, 2.05) is 12.1 Å². The summed E-state index contributed by atoms with van der Waals surface area (Å²) in [6.45, 7) is 0. The van der Waals surface area contributed by atoms with Gasteiger partial charge in [-0.2, -0.15) is 0 Å². The van der Waals surface area contributed by atoms with Crippen LogP contribution in [0.15, 0.2) is 82.6 Å². The molecule has 32 heavy (non-hydrogen) atoms. The second kappa shape index (κ2) is 8.74. The number of nitrogen functional groups attached to an aromatic ring is 4. The van der Waals surface area contributed by atoms with Crippen LogP contribution in [0.25, 0.3) is 22.3 Å². The van der Waals surface area contributed by atoms with Crippen LogP contribution < -0.4 is 22.9 Å². The molecule has 8 heteroatoms. The van der Waals surface area contributed by atoms with E-state index in [-0.39, 0.29) is 0 Å². The van der Waals surface area contributed by atoms with Gasteiger partial charge in [0.15, 0.2) is 0 Å². The molecule has 0 atom stereocenters. The van der Waals surface area contributed by atoms with E-state index in [0.29, 0.717) is 53.7 Å². The first-order valence-corrected chi connectivity index (χ1v) is 11.5. The summed E-state index contributed by atoms with van der Waals surface area (Å²) in [5.74, 6) is 0. The van der Waals surface area contributed by atoms with Crippen molar-refractivity contribution in [1.82, 2.24) is 0 Å². The topological polar surface area (TPSA) is 121 Å². The van der Waals surface area contributed by atoms with Gasteiger partial charge in [0, 0.05) is 10.0 Å². The summed E-state index contributed by atoms with van der Waals surface area (Å²) in [5.41, 5.74) is 28.5. The zero-order chi connectivity index (χ0) is 23.0. The van der Waals surface area contributed by atoms with Crippen molar-refractivity contribution < 1.29 is 4.21 Å². The Bertz CT molecular complexity index is 1270. The van der Waals surface area contributed by atoms with Crippen molar-refractivity contribution in [2.45, 2.75) is 9.79 Å². The minimum Gasteiger partial charge on any atom is -0.397 e. The number of benzene rings is 4. The lowest BCUT2D eigenvalue weighted by molar-refractivity contribution is 0.683. The van der Waals surface area contributed by atoms with Gasteiger partial charge in [-0.05, 0) is 82.9 Å². The quantitative estimate of drug-likeness (QED) is 0.273. The molecule has 0 aliphatic rings. The molecular weight excluding hydrogens is 463 g/mol. The first-order chi connectivity index (χ1) is 15.2. The maximum absolute atomic E-state index is 13.9. The smallest absolute Gasteiger partial charge is 0.0862 e. The maximum Gasteiger partial charge on any atom is 0.0862 e. The van der Waals surface area contributed by atoms with Crippen LogP contribution in [0.3, 0.4) is 0 Å². The van der Waals surface area contributed by atoms with Crippen LogP contribution in [0.1, 0.15) is 0 Å². The van der Waals surface area contributed by atoms with Crippen molar-refractivity contribution in [2.24, 2.45) is 0 Å². The molecule has 0 unspecified atom stereocenters. The highest BCUT2D eigenvalue weighted by atomic mass is 35.5. The third-order valence-corrected chi connectivity index (χ3v) is 7.06. The Hall–Kier alpha value is -3.19. The van der Waals surface area contributed by atoms with Gasteiger partial charge in [0.25, 0.3) is 0 Å². The van der Waals surface area contributed by atoms with Crippen LogP contribution in [0.5, 0.6) is 0 Å². The average molecular weight is 483 g/mol. The van der Waals surface area contributed by atoms with Gasteiger partial charge in [-0.3, -0.25) is 0 Å². The van der Waals surface area contributed by atoms with Crippen molar-refractivity contribution in [1.29, 1.82) is 0 Å². The fourth-order valence-electron chi connectivity index (χ4n) is 3.38. The lowest BCUT2D eigenvalue weighted by Crippen LogP contribution is -2.01. The molecule has 0 heterocycles. The highest BCUT2D eigenvalue weighted by Gasteiger charge is 2.19. The minimum absolute atomic E-state index is 0.434. The summed E-state index contributed by atoms with van der Waals surface area (Å²) < 4.78 is 13.9. The second-order valence-electron chi connectivity index (χ2n) is 7.24. The molecule has 0 saturated heterocycles. The van der Waals surface area contributed by atoms with E-state index in [9.17, 15) is 4.21 Å². The molecule has 0 saturated carbocycles. The van der Waals surface area contributed by atoms with Crippen molar-refractivity contribution in [3.8, 4) is 22.3 Å². The van der Waals surface area contributed by atoms with Gasteiger partial charge in [0.05, 0.1) is 43.3 Å². The Morgan fingerprint density at radius 2 is 0.938 bits per heavy atom. The zero-order valence-electron chi connectivity index (χ0n) is 16.8. The van der Waals surface area contributed by atoms with Crippen molar-refractivity contribution in [3.63, 3.8) is 0 Å². The Labute approximate surface area is 198 Å². The van der Waals surface area contributed by atoms with E-state index in [1.165, 1.54) is 0 Å². The molecule has 4 aromatic carbocycles. The molecule has 4 rings (SSSR count). The standard InChI is InChI=1S/C24H20Cl2N4OS/c25-15-3-7-23(17(11-15)13-1-5-19(27)21(29)9-13)32(31)24-8-4-16(26)12-18(24)14-2-6-20(28)22(30)10-14/h1-12H,27-30H2. The average Bonchev–Trinajstić information content (AvgIpc) is 2.77. The van der Waals surface area contributed by atoms with E-state index in [4.69, 9.17) is 46.1 Å². The molecule has 8 N–H and O–H groups in total. The molecule has 4 aromatic rings. The number of halogens is 2. The first-order valence-electron chi connectivity index (χ1n) is 9.56. The van der Waals surface area contributed by atoms with Crippen molar-refractivity contribution >= 4 is 56.8 Å². The third kappa shape index (κ3) is 4.25. The van der Waals surface area contributed by atoms with Crippen LogP contribution in [0.2, 0.25) is 10.0 Å². The summed E-state index contributed by atoms with van der Waals surface area (Å²) in [4.78, 5) is 1.15. The largest absolute Gasteiger partial charge is 0.397 e. The Balaban J connectivity index is 1.89. The molecule has 0 aromatic heterocycles. The van der Waals surface area contributed by atoms with E-state index in [1.54, 1.807) is 60.7 Å². The molecule has 0 fully saturated rings. The van der Waals surface area contributed by atoms with Crippen LogP contribution in [-0.4, -0.2) is 4.21 Å². The van der Waals surface area contributed by atoms with Gasteiger partial charge in [0.1, 0.15) is 0 Å². The molecule has 0 aliphatic carbocycles. The second-order valence-corrected chi connectivity index (χ2v) is 9.53. The Morgan fingerprint density at radius 3 is 1.31 bits per heavy atom. The molecule has 0 spiro atoms. The molecule has 0 bridgehead atoms. The molecular formula is C24H20Cl2N4OS. The fourth-order valence-corrected chi connectivity index (χ4v) is 5.10. The summed E-state index contributed by atoms with van der Waals surface area (Å²) >= 11 is 12.5. The van der Waals surface area contributed by atoms with Gasteiger partial charge >= 0.3 is 0 Å². The molecule has 162 valence electrons. The number of anilines is 4. The SMILES string of the molecule is Nc1ccc(-c2cc(Cl)ccc2S(=O)c2ccc(Cl)cc2-c2ccc(N)c(N)c2)cc1N. The molecule has 0 radical (unpaired) electrons. The van der Waals surface area contributed by atoms with Crippen LogP contribution >= 0.6 is 23.2 Å². The van der Waals surface area contributed by atoms with Crippen LogP contribution in [0.4, 0.5) is 22.7 Å². The van der Waals surface area contributed by atoms with E-state index in [2.05, 4.69) is 0 Å². The van der Waals surface area contributed by atoms with Gasteiger partial charge in [-0.1, -0.05) is 35.3 Å². The number of hydrogen-bond acceptors (Lipinski definition) is 5. The lowest BCUT2D eigenvalue weighted by Gasteiger charge is -2.15. The number of hydrogen-bond donors (Lipinski definition) is 4. The van der Waals surface area contributed by atoms with E-state index < -0.39 is 10.8 Å². The normalized spacial score (nSPS) is 11.1. The van der Waals surface area contributed by atoms with Gasteiger partial charge in [-0.25, -0.2) is 4.21 Å². The number of rotatable bonds is 4. The van der Waals surface area contributed by atoms with Gasteiger partial charge in [-0.15, -0.1) is 0 Å². The van der Waals surface area contributed by atoms with Crippen LogP contribution in [0, 0.1) is 0 Å². The summed E-state index contributed by atoms with van der Waals surface area (Å²) in [6.07, 6.45) is 0. The minimum atomic E-state index is -1.57. The van der Waals surface area contributed by atoms with E-state index >= 15 is 0 Å². The van der Waals surface area contributed by atoms with Gasteiger partial charge < -0.3 is 22.9 Å². The highest BCUT2D eigenvalue weighted by Crippen LogP contribution is 2.38.